The number of halogens is 2. The van der Waals surface area contributed by atoms with E-state index < -0.39 is 5.25 Å². The molecule has 8 heteroatoms. The zero-order valence-electron chi connectivity index (χ0n) is 12.7. The number of nitrogens with zero attached hydrogens (tertiary/aromatic N) is 3. The fourth-order valence-electron chi connectivity index (χ4n) is 1.84. The predicted octanol–water partition coefficient (Wildman–Crippen LogP) is 4.20. The minimum Gasteiger partial charge on any atom is -0.323 e. The standard InChI is InChI=1S/C15H16Cl2N4OS/c1-4-8-21-10(3)19-20-15(21)23-9(2)14(22)18-13-11(16)6-5-7-12(13)17/h4-7,9H,1,8H2,2-3H3,(H,18,22)/t9-/m0/s1. The maximum Gasteiger partial charge on any atom is 0.237 e. The highest BCUT2D eigenvalue weighted by Crippen LogP contribution is 2.31. The highest BCUT2D eigenvalue weighted by atomic mass is 35.5. The molecule has 1 heterocycles. The first-order valence-electron chi connectivity index (χ1n) is 6.86. The van der Waals surface area contributed by atoms with Gasteiger partial charge in [-0.15, -0.1) is 16.8 Å². The Morgan fingerprint density at radius 3 is 2.70 bits per heavy atom. The van der Waals surface area contributed by atoms with Crippen LogP contribution in [0.2, 0.25) is 10.0 Å². The number of aromatic nitrogens is 3. The fourth-order valence-corrected chi connectivity index (χ4v) is 3.24. The number of benzene rings is 1. The molecule has 1 aromatic heterocycles. The van der Waals surface area contributed by atoms with Crippen LogP contribution in [0.25, 0.3) is 0 Å². The summed E-state index contributed by atoms with van der Waals surface area (Å²) < 4.78 is 1.89. The second-order valence-electron chi connectivity index (χ2n) is 4.78. The smallest absolute Gasteiger partial charge is 0.237 e. The summed E-state index contributed by atoms with van der Waals surface area (Å²) in [6.45, 7) is 7.94. The topological polar surface area (TPSA) is 59.8 Å². The van der Waals surface area contributed by atoms with E-state index in [0.717, 1.165) is 5.82 Å². The van der Waals surface area contributed by atoms with Crippen LogP contribution >= 0.6 is 35.0 Å². The molecule has 0 aliphatic carbocycles. The number of rotatable bonds is 6. The van der Waals surface area contributed by atoms with Crippen LogP contribution < -0.4 is 5.32 Å². The molecule has 1 aromatic carbocycles. The van der Waals surface area contributed by atoms with Crippen LogP contribution in [0.5, 0.6) is 0 Å². The quantitative estimate of drug-likeness (QED) is 0.611. The molecule has 0 unspecified atom stereocenters. The van der Waals surface area contributed by atoms with Crippen LogP contribution in [-0.2, 0) is 11.3 Å². The molecule has 0 bridgehead atoms. The Hall–Kier alpha value is -1.50. The first kappa shape index (κ1) is 17.8. The number of carbonyl (C=O) groups excluding carboxylic acids is 1. The van der Waals surface area contributed by atoms with Gasteiger partial charge in [0.05, 0.1) is 21.0 Å². The third-order valence-corrected chi connectivity index (χ3v) is 4.79. The van der Waals surface area contributed by atoms with E-state index in [1.165, 1.54) is 11.8 Å². The summed E-state index contributed by atoms with van der Waals surface area (Å²) in [4.78, 5) is 12.4. The van der Waals surface area contributed by atoms with Gasteiger partial charge in [-0.3, -0.25) is 4.79 Å². The SMILES string of the molecule is C=CCn1c(C)nnc1S[C@@H](C)C(=O)Nc1c(Cl)cccc1Cl. The number of hydrogen-bond acceptors (Lipinski definition) is 4. The van der Waals surface area contributed by atoms with Crippen LogP contribution in [0, 0.1) is 6.92 Å². The van der Waals surface area contributed by atoms with Gasteiger partial charge >= 0.3 is 0 Å². The lowest BCUT2D eigenvalue weighted by atomic mass is 10.3. The van der Waals surface area contributed by atoms with Gasteiger partial charge in [0, 0.05) is 6.54 Å². The fraction of sp³-hybridized carbons (Fsp3) is 0.267. The molecule has 2 aromatic rings. The number of aryl methyl sites for hydroxylation is 1. The summed E-state index contributed by atoms with van der Waals surface area (Å²) in [5.41, 5.74) is 0.414. The van der Waals surface area contributed by atoms with Gasteiger partial charge < -0.3 is 9.88 Å². The predicted molar refractivity (Wildman–Crippen MR) is 95.4 cm³/mol. The highest BCUT2D eigenvalue weighted by Gasteiger charge is 2.20. The van der Waals surface area contributed by atoms with Gasteiger partial charge in [-0.1, -0.05) is 47.1 Å². The van der Waals surface area contributed by atoms with E-state index in [1.54, 1.807) is 31.2 Å². The molecule has 1 N–H and O–H groups in total. The lowest BCUT2D eigenvalue weighted by Gasteiger charge is -2.14. The van der Waals surface area contributed by atoms with Crippen molar-refractivity contribution in [2.24, 2.45) is 0 Å². The van der Waals surface area contributed by atoms with Gasteiger partial charge in [0.2, 0.25) is 5.91 Å². The molecule has 0 saturated carbocycles. The molecule has 1 amide bonds. The minimum absolute atomic E-state index is 0.212. The molecule has 0 spiro atoms. The number of thioether (sulfide) groups is 1. The van der Waals surface area contributed by atoms with Gasteiger partial charge in [0.1, 0.15) is 5.82 Å². The largest absolute Gasteiger partial charge is 0.323 e. The Morgan fingerprint density at radius 1 is 1.43 bits per heavy atom. The molecule has 5 nitrogen and oxygen atoms in total. The second-order valence-corrected chi connectivity index (χ2v) is 6.90. The molecule has 23 heavy (non-hydrogen) atoms. The summed E-state index contributed by atoms with van der Waals surface area (Å²) >= 11 is 13.4. The van der Waals surface area contributed by atoms with Crippen molar-refractivity contribution in [1.82, 2.24) is 14.8 Å². The number of hydrogen-bond donors (Lipinski definition) is 1. The molecule has 0 aliphatic heterocycles. The first-order valence-corrected chi connectivity index (χ1v) is 8.49. The van der Waals surface area contributed by atoms with Gasteiger partial charge in [0.15, 0.2) is 5.16 Å². The van der Waals surface area contributed by atoms with Gasteiger partial charge in [-0.2, -0.15) is 0 Å². The molecule has 122 valence electrons. The minimum atomic E-state index is -0.394. The number of allylic oxidation sites excluding steroid dienone is 1. The van der Waals surface area contributed by atoms with E-state index in [9.17, 15) is 4.79 Å². The van der Waals surface area contributed by atoms with Gasteiger partial charge in [0.25, 0.3) is 0 Å². The average molecular weight is 371 g/mol. The number of anilines is 1. The van der Waals surface area contributed by atoms with Crippen LogP contribution in [-0.4, -0.2) is 25.9 Å². The molecule has 0 fully saturated rings. The van der Waals surface area contributed by atoms with Crippen molar-refractivity contribution in [1.29, 1.82) is 0 Å². The Kier molecular flexibility index (Phi) is 6.10. The van der Waals surface area contributed by atoms with E-state index in [1.807, 2.05) is 11.5 Å². The van der Waals surface area contributed by atoms with Crippen LogP contribution in [0.4, 0.5) is 5.69 Å². The number of para-hydroxylation sites is 1. The monoisotopic (exact) mass is 370 g/mol. The van der Waals surface area contributed by atoms with E-state index in [0.29, 0.717) is 27.4 Å². The van der Waals surface area contributed by atoms with Crippen LogP contribution in [0.3, 0.4) is 0 Å². The van der Waals surface area contributed by atoms with Crippen molar-refractivity contribution in [3.63, 3.8) is 0 Å². The molecule has 1 atom stereocenters. The normalized spacial score (nSPS) is 12.0. The zero-order chi connectivity index (χ0) is 17.0. The van der Waals surface area contributed by atoms with E-state index >= 15 is 0 Å². The maximum absolute atomic E-state index is 12.4. The lowest BCUT2D eigenvalue weighted by Crippen LogP contribution is -2.23. The van der Waals surface area contributed by atoms with Crippen molar-refractivity contribution in [3.8, 4) is 0 Å². The second kappa shape index (κ2) is 7.86. The molecule has 2 rings (SSSR count). The van der Waals surface area contributed by atoms with Crippen molar-refractivity contribution in [2.75, 3.05) is 5.32 Å². The van der Waals surface area contributed by atoms with Gasteiger partial charge in [-0.05, 0) is 26.0 Å². The van der Waals surface area contributed by atoms with Crippen molar-refractivity contribution >= 4 is 46.6 Å². The zero-order valence-corrected chi connectivity index (χ0v) is 15.0. The summed E-state index contributed by atoms with van der Waals surface area (Å²) in [6.07, 6.45) is 1.76. The van der Waals surface area contributed by atoms with Crippen molar-refractivity contribution in [2.45, 2.75) is 30.8 Å². The van der Waals surface area contributed by atoms with Crippen molar-refractivity contribution in [3.05, 3.63) is 46.7 Å². The molecular weight excluding hydrogens is 355 g/mol. The molecule has 0 saturated heterocycles. The maximum atomic E-state index is 12.4. The third-order valence-electron chi connectivity index (χ3n) is 3.08. The van der Waals surface area contributed by atoms with E-state index in [-0.39, 0.29) is 5.91 Å². The van der Waals surface area contributed by atoms with Gasteiger partial charge in [-0.25, -0.2) is 0 Å². The molecule has 0 aliphatic rings. The Balaban J connectivity index is 2.10. The van der Waals surface area contributed by atoms with Crippen molar-refractivity contribution < 1.29 is 4.79 Å². The summed E-state index contributed by atoms with van der Waals surface area (Å²) in [5, 5.41) is 11.9. The first-order chi connectivity index (χ1) is 10.9. The summed E-state index contributed by atoms with van der Waals surface area (Å²) in [7, 11) is 0. The lowest BCUT2D eigenvalue weighted by molar-refractivity contribution is -0.115. The van der Waals surface area contributed by atoms with Crippen LogP contribution in [0.1, 0.15) is 12.7 Å². The highest BCUT2D eigenvalue weighted by molar-refractivity contribution is 8.00. The average Bonchev–Trinajstić information content (AvgIpc) is 2.84. The van der Waals surface area contributed by atoms with Crippen LogP contribution in [0.15, 0.2) is 36.0 Å². The number of nitrogens with one attached hydrogen (secondary N) is 1. The summed E-state index contributed by atoms with van der Waals surface area (Å²) in [6, 6.07) is 5.06. The number of amides is 1. The Labute approximate surface area is 149 Å². The third kappa shape index (κ3) is 4.28. The Bertz CT molecular complexity index is 712. The summed E-state index contributed by atoms with van der Waals surface area (Å²) in [5.74, 6) is 0.560. The molecular formula is C15H16Cl2N4OS. The Morgan fingerprint density at radius 2 is 2.09 bits per heavy atom. The van der Waals surface area contributed by atoms with E-state index in [4.69, 9.17) is 23.2 Å². The van der Waals surface area contributed by atoms with E-state index in [2.05, 4.69) is 22.1 Å². The molecule has 0 radical (unpaired) electrons. The number of carbonyl (C=O) groups is 1.